The zero-order valence-corrected chi connectivity index (χ0v) is 15.4. The Labute approximate surface area is 143 Å². The normalized spacial score (nSPS) is 10.8. The Morgan fingerprint density at radius 2 is 1.78 bits per heavy atom. The molecule has 0 saturated carbocycles. The van der Waals surface area contributed by atoms with Crippen molar-refractivity contribution in [2.75, 3.05) is 23.7 Å². The van der Waals surface area contributed by atoms with Gasteiger partial charge in [0, 0.05) is 36.6 Å². The van der Waals surface area contributed by atoms with Gasteiger partial charge in [-0.2, -0.15) is 0 Å². The van der Waals surface area contributed by atoms with Crippen molar-refractivity contribution in [3.05, 3.63) is 36.4 Å². The van der Waals surface area contributed by atoms with Gasteiger partial charge in [0.15, 0.2) is 11.0 Å². The average molecular weight is 331 g/mol. The van der Waals surface area contributed by atoms with E-state index in [1.54, 1.807) is 11.8 Å². The first-order valence-corrected chi connectivity index (χ1v) is 9.14. The molecule has 0 bridgehead atoms. The summed E-state index contributed by atoms with van der Waals surface area (Å²) in [5, 5.41) is 9.71. The van der Waals surface area contributed by atoms with Crippen molar-refractivity contribution in [2.45, 2.75) is 39.4 Å². The molecule has 1 heterocycles. The minimum Gasteiger partial charge on any atom is -0.372 e. The first-order chi connectivity index (χ1) is 11.1. The van der Waals surface area contributed by atoms with E-state index in [1.165, 1.54) is 5.69 Å². The van der Waals surface area contributed by atoms with Crippen LogP contribution in [0, 0.1) is 0 Å². The van der Waals surface area contributed by atoms with Crippen LogP contribution in [0.4, 0.5) is 5.69 Å². The van der Waals surface area contributed by atoms with Crippen molar-refractivity contribution in [3.63, 3.8) is 0 Å². The second kappa shape index (κ2) is 8.20. The molecule has 0 unspecified atom stereocenters. The molecule has 0 fully saturated rings. The molecule has 1 aromatic heterocycles. The monoisotopic (exact) mass is 330 g/mol. The van der Waals surface area contributed by atoms with Crippen LogP contribution in [-0.2, 0) is 6.54 Å². The van der Waals surface area contributed by atoms with Gasteiger partial charge >= 0.3 is 0 Å². The highest BCUT2D eigenvalue weighted by atomic mass is 32.2. The van der Waals surface area contributed by atoms with Crippen molar-refractivity contribution in [3.8, 4) is 11.4 Å². The predicted molar refractivity (Wildman–Crippen MR) is 100 cm³/mol. The summed E-state index contributed by atoms with van der Waals surface area (Å²) >= 11 is 1.69. The van der Waals surface area contributed by atoms with Crippen molar-refractivity contribution in [1.82, 2.24) is 14.8 Å². The van der Waals surface area contributed by atoms with E-state index in [0.717, 1.165) is 47.5 Å². The molecule has 5 heteroatoms. The number of hydrogen-bond acceptors (Lipinski definition) is 4. The first kappa shape index (κ1) is 17.6. The highest BCUT2D eigenvalue weighted by molar-refractivity contribution is 7.99. The van der Waals surface area contributed by atoms with Gasteiger partial charge in [0.1, 0.15) is 0 Å². The van der Waals surface area contributed by atoms with E-state index in [0.29, 0.717) is 0 Å². The summed E-state index contributed by atoms with van der Waals surface area (Å²) in [6.07, 6.45) is 0. The number of rotatable bonds is 8. The Balaban J connectivity index is 2.26. The maximum absolute atomic E-state index is 4.40. The van der Waals surface area contributed by atoms with Gasteiger partial charge < -0.3 is 9.47 Å². The first-order valence-electron chi connectivity index (χ1n) is 8.16. The molecule has 0 amide bonds. The zero-order valence-electron chi connectivity index (χ0n) is 14.5. The summed E-state index contributed by atoms with van der Waals surface area (Å²) < 4.78 is 2.17. The van der Waals surface area contributed by atoms with E-state index < -0.39 is 0 Å². The summed E-state index contributed by atoms with van der Waals surface area (Å²) in [6.45, 7) is 15.4. The third-order valence-corrected chi connectivity index (χ3v) is 4.93. The number of anilines is 1. The van der Waals surface area contributed by atoms with Crippen LogP contribution in [0.25, 0.3) is 11.4 Å². The highest BCUT2D eigenvalue weighted by Gasteiger charge is 2.13. The van der Waals surface area contributed by atoms with Crippen molar-refractivity contribution in [1.29, 1.82) is 0 Å². The number of thioether (sulfide) groups is 1. The number of aromatic nitrogens is 3. The lowest BCUT2D eigenvalue weighted by molar-refractivity contribution is 0.687. The van der Waals surface area contributed by atoms with Crippen LogP contribution >= 0.6 is 11.8 Å². The molecule has 0 aliphatic carbocycles. The Kier molecular flexibility index (Phi) is 6.28. The van der Waals surface area contributed by atoms with Crippen molar-refractivity contribution in [2.24, 2.45) is 0 Å². The predicted octanol–water partition coefficient (Wildman–Crippen LogP) is 4.48. The van der Waals surface area contributed by atoms with Crippen molar-refractivity contribution >= 4 is 17.4 Å². The number of benzene rings is 1. The van der Waals surface area contributed by atoms with E-state index >= 15 is 0 Å². The zero-order chi connectivity index (χ0) is 16.8. The Morgan fingerprint density at radius 3 is 2.30 bits per heavy atom. The van der Waals surface area contributed by atoms with Crippen LogP contribution in [0.2, 0.25) is 0 Å². The Bertz CT molecular complexity index is 642. The lowest BCUT2D eigenvalue weighted by Crippen LogP contribution is -2.21. The number of nitrogens with zero attached hydrogens (tertiary/aromatic N) is 4. The SMILES string of the molecule is C=C(C)CSc1nnc(-c2ccc(N(CC)CC)cc2)n1CC. The fourth-order valence-electron chi connectivity index (χ4n) is 2.49. The molecule has 4 nitrogen and oxygen atoms in total. The lowest BCUT2D eigenvalue weighted by atomic mass is 10.2. The molecule has 0 aliphatic rings. The van der Waals surface area contributed by atoms with Gasteiger partial charge in [0.2, 0.25) is 0 Å². The molecule has 0 N–H and O–H groups in total. The van der Waals surface area contributed by atoms with E-state index in [-0.39, 0.29) is 0 Å². The third kappa shape index (κ3) is 4.16. The molecule has 124 valence electrons. The van der Waals surface area contributed by atoms with Crippen LogP contribution in [0.3, 0.4) is 0 Å². The summed E-state index contributed by atoms with van der Waals surface area (Å²) in [6, 6.07) is 8.60. The fraction of sp³-hybridized carbons (Fsp3) is 0.444. The maximum Gasteiger partial charge on any atom is 0.191 e. The van der Waals surface area contributed by atoms with Gasteiger partial charge in [0.25, 0.3) is 0 Å². The molecular formula is C18H26N4S. The molecular weight excluding hydrogens is 304 g/mol. The molecule has 0 spiro atoms. The van der Waals surface area contributed by atoms with Crippen LogP contribution in [0.5, 0.6) is 0 Å². The van der Waals surface area contributed by atoms with Gasteiger partial charge in [0.05, 0.1) is 0 Å². The minimum atomic E-state index is 0.860. The number of hydrogen-bond donors (Lipinski definition) is 0. The quantitative estimate of drug-likeness (QED) is 0.528. The summed E-state index contributed by atoms with van der Waals surface area (Å²) in [5.41, 5.74) is 3.50. The largest absolute Gasteiger partial charge is 0.372 e. The van der Waals surface area contributed by atoms with Crippen LogP contribution in [-0.4, -0.2) is 33.6 Å². The minimum absolute atomic E-state index is 0.860. The highest BCUT2D eigenvalue weighted by Crippen LogP contribution is 2.26. The van der Waals surface area contributed by atoms with E-state index in [2.05, 4.69) is 71.3 Å². The topological polar surface area (TPSA) is 34.0 Å². The average Bonchev–Trinajstić information content (AvgIpc) is 2.97. The van der Waals surface area contributed by atoms with Gasteiger partial charge in [-0.1, -0.05) is 23.9 Å². The summed E-state index contributed by atoms with van der Waals surface area (Å²) in [4.78, 5) is 2.34. The smallest absolute Gasteiger partial charge is 0.191 e. The van der Waals surface area contributed by atoms with Crippen LogP contribution < -0.4 is 4.90 Å². The van der Waals surface area contributed by atoms with Crippen LogP contribution in [0.1, 0.15) is 27.7 Å². The fourth-order valence-corrected chi connectivity index (χ4v) is 3.34. The molecule has 0 aliphatic heterocycles. The molecule has 23 heavy (non-hydrogen) atoms. The Morgan fingerprint density at radius 1 is 1.13 bits per heavy atom. The molecule has 0 saturated heterocycles. The Hall–Kier alpha value is -1.75. The van der Waals surface area contributed by atoms with Gasteiger partial charge in [-0.05, 0) is 52.0 Å². The second-order valence-electron chi connectivity index (χ2n) is 5.52. The van der Waals surface area contributed by atoms with Gasteiger partial charge in [-0.15, -0.1) is 10.2 Å². The molecule has 1 aromatic carbocycles. The maximum atomic E-state index is 4.40. The van der Waals surface area contributed by atoms with E-state index in [4.69, 9.17) is 0 Å². The second-order valence-corrected chi connectivity index (χ2v) is 6.46. The lowest BCUT2D eigenvalue weighted by Gasteiger charge is -2.21. The molecule has 2 aromatic rings. The van der Waals surface area contributed by atoms with E-state index in [1.807, 2.05) is 6.92 Å². The summed E-state index contributed by atoms with van der Waals surface area (Å²) in [7, 11) is 0. The molecule has 2 rings (SSSR count). The van der Waals surface area contributed by atoms with Gasteiger partial charge in [-0.25, -0.2) is 0 Å². The molecule has 0 radical (unpaired) electrons. The van der Waals surface area contributed by atoms with E-state index in [9.17, 15) is 0 Å². The van der Waals surface area contributed by atoms with Crippen molar-refractivity contribution < 1.29 is 0 Å². The molecule has 0 atom stereocenters. The van der Waals surface area contributed by atoms with Crippen LogP contribution in [0.15, 0.2) is 41.6 Å². The third-order valence-electron chi connectivity index (χ3n) is 3.73. The van der Waals surface area contributed by atoms with Gasteiger partial charge in [-0.3, -0.25) is 0 Å². The summed E-state index contributed by atoms with van der Waals surface area (Å²) in [5.74, 6) is 1.81. The standard InChI is InChI=1S/C18H26N4S/c1-6-21(7-2)16-11-9-15(10-12-16)17-19-20-18(22(17)8-3)23-13-14(4)5/h9-12H,4,6-8,13H2,1-3,5H3.